The number of anilines is 1. The predicted molar refractivity (Wildman–Crippen MR) is 219 cm³/mol. The molecule has 63 heavy (non-hydrogen) atoms. The number of nitrogens with one attached hydrogen (secondary N) is 4. The quantitative estimate of drug-likeness (QED) is 0.0747. The summed E-state index contributed by atoms with van der Waals surface area (Å²) < 4.78 is 81.7. The number of amides is 4. The Labute approximate surface area is 361 Å². The number of fused-ring (bicyclic) bond motifs is 3. The fraction of sp³-hybridized carbons (Fsp3) is 0.636. The maximum absolute atomic E-state index is 16.5. The summed E-state index contributed by atoms with van der Waals surface area (Å²) in [6.07, 6.45) is -7.35. The van der Waals surface area contributed by atoms with Gasteiger partial charge in [-0.15, -0.1) is 0 Å². The molecule has 3 aliphatic heterocycles. The lowest BCUT2D eigenvalue weighted by Crippen LogP contribution is -2.53. The highest BCUT2D eigenvalue weighted by Gasteiger charge is 2.54. The molecule has 3 aromatic heterocycles. The number of halogens is 1. The Hall–Kier alpha value is -4.34. The molecule has 0 aromatic carbocycles. The first-order valence-electron chi connectivity index (χ1n) is 19.6. The molecule has 3 saturated heterocycles. The number of aromatic amines is 1. The number of rotatable bonds is 14. The number of hydrogen-bond acceptors (Lipinski definition) is 19. The van der Waals surface area contributed by atoms with Gasteiger partial charge in [0.25, 0.3) is 5.56 Å². The largest absolute Gasteiger partial charge is 0.472 e. The molecular weight excluding hydrogens is 901 g/mol. The first-order valence-corrected chi connectivity index (χ1v) is 24.2. The van der Waals surface area contributed by atoms with E-state index in [0.29, 0.717) is 15.9 Å². The van der Waals surface area contributed by atoms with Crippen LogP contribution in [-0.2, 0) is 46.3 Å². The number of imidazole rings is 1. The topological polar surface area (TPSA) is 374 Å². The predicted octanol–water partition coefficient (Wildman–Crippen LogP) is -0.481. The van der Waals surface area contributed by atoms with E-state index in [1.54, 1.807) is 20.8 Å². The number of nitrogens with two attached hydrogens (primary N) is 3. The minimum absolute atomic E-state index is 0.0725. The van der Waals surface area contributed by atoms with Crippen LogP contribution < -0.4 is 44.4 Å². The monoisotopic (exact) mass is 950 g/mol. The zero-order chi connectivity index (χ0) is 45.8. The van der Waals surface area contributed by atoms with Crippen LogP contribution in [0.3, 0.4) is 0 Å². The van der Waals surface area contributed by atoms with Gasteiger partial charge in [-0.25, -0.2) is 38.1 Å². The SMILES string of the molecule is CC(C)C(N)C(=O)NC(CCCNC(N)=O)C(=O)NCCSP1(=O)OC[C@H]2O[C@@H](n3cnc4c(N)ncnc43)[C@H](C)[C@@H]2OP(=O)(O)OC[C@H]2O[C@@H](n3ccc(=O)[nH]c3=O)[C@H](F)[C@@H]2O1. The molecule has 30 heteroatoms. The molecule has 11 N–H and O–H groups in total. The number of aromatic nitrogens is 6. The molecule has 6 rings (SSSR count). The van der Waals surface area contributed by atoms with Crippen LogP contribution in [0.15, 0.2) is 34.5 Å². The number of carbonyl (C=O) groups excluding carboxylic acids is 3. The number of hydrogen-bond donors (Lipinski definition) is 8. The van der Waals surface area contributed by atoms with Gasteiger partial charge in [-0.1, -0.05) is 20.8 Å². The number of carbonyl (C=O) groups is 3. The Bertz CT molecular complexity index is 2360. The minimum atomic E-state index is -5.04. The number of H-pyrrole nitrogens is 1. The van der Waals surface area contributed by atoms with E-state index in [1.807, 2.05) is 4.98 Å². The van der Waals surface area contributed by atoms with Crippen molar-refractivity contribution in [2.45, 2.75) is 88.7 Å². The summed E-state index contributed by atoms with van der Waals surface area (Å²) in [7, 11) is -5.04. The van der Waals surface area contributed by atoms with Gasteiger partial charge >= 0.3 is 26.3 Å². The summed E-state index contributed by atoms with van der Waals surface area (Å²) in [5, 5.41) is 7.65. The van der Waals surface area contributed by atoms with Crippen LogP contribution in [0.4, 0.5) is 15.0 Å². The average molecular weight is 951 g/mol. The third kappa shape index (κ3) is 11.5. The van der Waals surface area contributed by atoms with Crippen molar-refractivity contribution in [1.82, 2.24) is 45.0 Å². The number of urea groups is 1. The van der Waals surface area contributed by atoms with Crippen molar-refractivity contribution in [1.29, 1.82) is 0 Å². The van der Waals surface area contributed by atoms with E-state index >= 15 is 4.39 Å². The lowest BCUT2D eigenvalue weighted by Gasteiger charge is -2.29. The second kappa shape index (κ2) is 20.2. The van der Waals surface area contributed by atoms with Gasteiger partial charge in [0.1, 0.15) is 48.5 Å². The van der Waals surface area contributed by atoms with Crippen LogP contribution in [-0.4, -0.2) is 127 Å². The second-order valence-electron chi connectivity index (χ2n) is 15.1. The highest BCUT2D eigenvalue weighted by molar-refractivity contribution is 8.55. The molecule has 3 aromatic rings. The van der Waals surface area contributed by atoms with E-state index in [2.05, 4.69) is 30.9 Å². The molecule has 4 unspecified atom stereocenters. The molecule has 3 fully saturated rings. The fourth-order valence-corrected chi connectivity index (χ4v) is 11.3. The van der Waals surface area contributed by atoms with E-state index in [4.69, 9.17) is 44.8 Å². The van der Waals surface area contributed by atoms with Gasteiger partial charge in [-0.2, -0.15) is 0 Å². The number of nitrogens with zero attached hydrogens (tertiary/aromatic N) is 5. The number of ether oxygens (including phenoxy) is 2. The first-order chi connectivity index (χ1) is 29.8. The van der Waals surface area contributed by atoms with Crippen LogP contribution in [0.5, 0.6) is 0 Å². The summed E-state index contributed by atoms with van der Waals surface area (Å²) in [6.45, 7) is -1.17. The molecule has 4 amide bonds. The third-order valence-corrected chi connectivity index (χ3v) is 15.0. The van der Waals surface area contributed by atoms with Gasteiger partial charge in [-0.05, 0) is 30.1 Å². The molecule has 0 aliphatic carbocycles. The smallest absolute Gasteiger partial charge is 0.382 e. The second-order valence-corrected chi connectivity index (χ2v) is 20.6. The van der Waals surface area contributed by atoms with E-state index in [0.717, 1.165) is 12.3 Å². The third-order valence-electron chi connectivity index (χ3n) is 10.3. The average Bonchev–Trinajstić information content (AvgIpc) is 3.88. The number of phosphoric ester groups is 1. The highest BCUT2D eigenvalue weighted by Crippen LogP contribution is 2.64. The van der Waals surface area contributed by atoms with Gasteiger partial charge < -0.3 is 47.5 Å². The zero-order valence-electron chi connectivity index (χ0n) is 34.0. The van der Waals surface area contributed by atoms with E-state index in [-0.39, 0.29) is 54.6 Å². The van der Waals surface area contributed by atoms with Crippen molar-refractivity contribution in [3.05, 3.63) is 45.8 Å². The molecule has 0 bridgehead atoms. The van der Waals surface area contributed by atoms with Crippen LogP contribution in [0.2, 0.25) is 0 Å². The van der Waals surface area contributed by atoms with Crippen LogP contribution in [0.25, 0.3) is 11.2 Å². The van der Waals surface area contributed by atoms with Gasteiger partial charge in [0.05, 0.1) is 25.6 Å². The molecule has 0 saturated carbocycles. The molecule has 6 heterocycles. The fourth-order valence-electron chi connectivity index (χ4n) is 6.94. The molecule has 26 nitrogen and oxygen atoms in total. The maximum atomic E-state index is 16.5. The lowest BCUT2D eigenvalue weighted by atomic mass is 10.0. The van der Waals surface area contributed by atoms with E-state index < -0.39 is 118 Å². The first kappa shape index (κ1) is 48.1. The number of nitrogen functional groups attached to an aromatic ring is 1. The number of phosphoric acid groups is 1. The normalized spacial score (nSPS) is 31.0. The number of alkyl halides is 1. The summed E-state index contributed by atoms with van der Waals surface area (Å²) >= 11 is 0.543. The Kier molecular flexibility index (Phi) is 15.5. The van der Waals surface area contributed by atoms with Crippen LogP contribution in [0, 0.1) is 11.8 Å². The summed E-state index contributed by atoms with van der Waals surface area (Å²) in [4.78, 5) is 87.1. The summed E-state index contributed by atoms with van der Waals surface area (Å²) in [5.74, 6) is -2.40. The van der Waals surface area contributed by atoms with Crippen molar-refractivity contribution in [2.75, 3.05) is 37.8 Å². The van der Waals surface area contributed by atoms with Gasteiger partial charge in [0.15, 0.2) is 23.9 Å². The minimum Gasteiger partial charge on any atom is -0.382 e. The number of primary amides is 1. The standard InChI is InChI=1S/C33H49FN12O14P2S/c1-15(2)22(35)29(49)43-17(5-4-7-39-32(37)50)28(48)38-8-10-63-62(54)56-12-18-24(16(3)30(57-18)46-14-42-23-26(36)40-13-41-27(23)46)59-61(52,53)55-11-19-25(60-62)21(34)31(58-19)45-9-6-20(47)44-33(45)51/h6,9,13-19,21-22,24-25,30-31H,4-5,7-8,10-12,35H2,1-3H3,(H,38,48)(H,43,49)(H,52,53)(H2,36,40,41)(H3,37,39,50)(H,44,47,51)/t16-,17?,18-,19-,21-,22?,24+,25-,30-,31-,62?/m1/s1. The van der Waals surface area contributed by atoms with Crippen LogP contribution in [0.1, 0.15) is 46.1 Å². The zero-order valence-corrected chi connectivity index (χ0v) is 36.6. The molecule has 348 valence electrons. The highest BCUT2D eigenvalue weighted by atomic mass is 32.7. The van der Waals surface area contributed by atoms with Crippen molar-refractivity contribution >= 4 is 60.8 Å². The van der Waals surface area contributed by atoms with Gasteiger partial charge in [-0.3, -0.25) is 46.6 Å². The molecule has 0 spiro atoms. The van der Waals surface area contributed by atoms with Gasteiger partial charge in [0.2, 0.25) is 11.8 Å². The molecule has 12 atom stereocenters. The van der Waals surface area contributed by atoms with Crippen molar-refractivity contribution in [2.24, 2.45) is 23.3 Å². The van der Waals surface area contributed by atoms with Crippen LogP contribution >= 0.6 is 26.0 Å². The van der Waals surface area contributed by atoms with Gasteiger partial charge in [0, 0.05) is 37.0 Å². The maximum Gasteiger partial charge on any atom is 0.472 e. The molecule has 3 aliphatic rings. The van der Waals surface area contributed by atoms with E-state index in [9.17, 15) is 38.0 Å². The molecular formula is C33H49FN12O14P2S. The van der Waals surface area contributed by atoms with Crippen molar-refractivity contribution < 1.29 is 60.4 Å². The summed E-state index contributed by atoms with van der Waals surface area (Å²) in [6, 6.07) is -1.88. The Morgan fingerprint density at radius 2 is 1.73 bits per heavy atom. The van der Waals surface area contributed by atoms with E-state index in [1.165, 1.54) is 17.2 Å². The van der Waals surface area contributed by atoms with Crippen molar-refractivity contribution in [3.8, 4) is 0 Å². The lowest BCUT2D eigenvalue weighted by molar-refractivity contribution is -0.130. The Morgan fingerprint density at radius 3 is 2.44 bits per heavy atom. The van der Waals surface area contributed by atoms with Crippen molar-refractivity contribution in [3.63, 3.8) is 0 Å². The Balaban J connectivity index is 1.24. The Morgan fingerprint density at radius 1 is 1.02 bits per heavy atom. The summed E-state index contributed by atoms with van der Waals surface area (Å²) in [5.41, 5.74) is 15.8. The molecule has 0 radical (unpaired) electrons.